The summed E-state index contributed by atoms with van der Waals surface area (Å²) in [7, 11) is 0. The first-order chi connectivity index (χ1) is 17.6. The Morgan fingerprint density at radius 2 is 1.92 bits per heavy atom. The summed E-state index contributed by atoms with van der Waals surface area (Å²) in [5.74, 6) is -5.20. The number of aromatic hydroxyl groups is 1. The van der Waals surface area contributed by atoms with Crippen molar-refractivity contribution in [3.8, 4) is 5.75 Å². The minimum absolute atomic E-state index is 0.00675. The number of aliphatic carboxylic acids is 1. The summed E-state index contributed by atoms with van der Waals surface area (Å²) in [4.78, 5) is 65.3. The number of phenolic OH excluding ortho intramolecular Hbond substituents is 1. The van der Waals surface area contributed by atoms with Crippen LogP contribution in [-0.2, 0) is 30.4 Å². The first kappa shape index (κ1) is 24.6. The van der Waals surface area contributed by atoms with Gasteiger partial charge in [0.15, 0.2) is 11.6 Å². The highest BCUT2D eigenvalue weighted by molar-refractivity contribution is 6.24. The number of ketones is 2. The van der Waals surface area contributed by atoms with E-state index in [1.807, 2.05) is 6.08 Å². The number of benzene rings is 1. The van der Waals surface area contributed by atoms with Crippen molar-refractivity contribution in [1.82, 2.24) is 4.90 Å². The van der Waals surface area contributed by atoms with Crippen molar-refractivity contribution in [3.05, 3.63) is 76.4 Å². The molecule has 190 valence electrons. The summed E-state index contributed by atoms with van der Waals surface area (Å²) >= 11 is 0. The lowest BCUT2D eigenvalue weighted by molar-refractivity contribution is -0.142. The predicted molar refractivity (Wildman–Crippen MR) is 132 cm³/mol. The normalized spacial score (nSPS) is 26.9. The maximum absolute atomic E-state index is 13.5. The second kappa shape index (κ2) is 9.10. The number of hydrogen-bond donors (Lipinski definition) is 2. The van der Waals surface area contributed by atoms with E-state index in [0.717, 1.165) is 10.5 Å². The van der Waals surface area contributed by atoms with Crippen LogP contribution in [0.15, 0.2) is 65.3 Å². The number of hydrogen-bond acceptors (Lipinski definition) is 6. The molecule has 1 aromatic carbocycles. The zero-order valence-electron chi connectivity index (χ0n) is 20.4. The smallest absolute Gasteiger partial charge is 0.305 e. The van der Waals surface area contributed by atoms with E-state index in [9.17, 15) is 29.1 Å². The molecule has 5 rings (SSSR count). The minimum Gasteiger partial charge on any atom is -0.507 e. The third-order valence-electron chi connectivity index (χ3n) is 8.03. The SMILES string of the molecule is C=CCc1cccc([C@H]2C3=CC[C@@H]4C(=O)N(CCC(=O)O)C(=O)[C@@H]4[C@@H]3CC3=C2C(=O)C(C)=CC3=O)c1O. The fourth-order valence-corrected chi connectivity index (χ4v) is 6.37. The van der Waals surface area contributed by atoms with Gasteiger partial charge in [0.25, 0.3) is 0 Å². The molecule has 0 radical (unpaired) electrons. The maximum Gasteiger partial charge on any atom is 0.305 e. The average molecular weight is 502 g/mol. The molecule has 8 nitrogen and oxygen atoms in total. The van der Waals surface area contributed by atoms with Gasteiger partial charge in [0, 0.05) is 34.7 Å². The van der Waals surface area contributed by atoms with Crippen molar-refractivity contribution in [2.75, 3.05) is 6.54 Å². The van der Waals surface area contributed by atoms with Gasteiger partial charge in [-0.3, -0.25) is 28.9 Å². The summed E-state index contributed by atoms with van der Waals surface area (Å²) in [6.07, 6.45) is 5.29. The van der Waals surface area contributed by atoms with E-state index in [0.29, 0.717) is 34.3 Å². The number of para-hydroxylation sites is 1. The minimum atomic E-state index is -1.11. The molecule has 37 heavy (non-hydrogen) atoms. The molecular weight excluding hydrogens is 474 g/mol. The van der Waals surface area contributed by atoms with Crippen LogP contribution in [0.2, 0.25) is 0 Å². The van der Waals surface area contributed by atoms with Crippen LogP contribution in [-0.4, -0.2) is 51.0 Å². The summed E-state index contributed by atoms with van der Waals surface area (Å²) in [5.41, 5.74) is 2.77. The molecule has 2 N–H and O–H groups in total. The van der Waals surface area contributed by atoms with Crippen LogP contribution in [0.1, 0.15) is 43.2 Å². The molecular formula is C29H27NO7. The number of carboxylic acid groups (broad SMARTS) is 1. The second-order valence-corrected chi connectivity index (χ2v) is 10.0. The number of phenols is 1. The highest BCUT2D eigenvalue weighted by Gasteiger charge is 2.56. The highest BCUT2D eigenvalue weighted by Crippen LogP contribution is 2.56. The van der Waals surface area contributed by atoms with Gasteiger partial charge in [0.05, 0.1) is 18.3 Å². The monoisotopic (exact) mass is 501 g/mol. The quantitative estimate of drug-likeness (QED) is 0.348. The Balaban J connectivity index is 1.65. The Labute approximate surface area is 213 Å². The number of likely N-dealkylation sites (tertiary alicyclic amines) is 1. The van der Waals surface area contributed by atoms with E-state index in [1.165, 1.54) is 6.08 Å². The zero-order valence-corrected chi connectivity index (χ0v) is 20.4. The van der Waals surface area contributed by atoms with Crippen molar-refractivity contribution in [2.24, 2.45) is 17.8 Å². The maximum atomic E-state index is 13.5. The number of fused-ring (bicyclic) bond motifs is 3. The van der Waals surface area contributed by atoms with Crippen LogP contribution in [0.4, 0.5) is 0 Å². The van der Waals surface area contributed by atoms with Crippen LogP contribution >= 0.6 is 0 Å². The Bertz CT molecular complexity index is 1380. The standard InChI is InChI=1S/C29H27NO7/c1-3-5-15-6-4-7-17(27(15)35)23-16-8-9-18-24(29(37)30(28(18)36)11-10-22(32)33)19(16)13-20-21(31)12-14(2)26(34)25(20)23/h3-4,6-8,12,18-19,23-24,35H,1,5,9-11,13H2,2H3,(H,32,33)/t18-,19+,23+,24-/m0/s1. The molecule has 1 aromatic rings. The van der Waals surface area contributed by atoms with Gasteiger partial charge in [-0.25, -0.2) is 0 Å². The van der Waals surface area contributed by atoms with E-state index in [4.69, 9.17) is 5.11 Å². The number of carbonyl (C=O) groups is 5. The highest BCUT2D eigenvalue weighted by atomic mass is 16.4. The van der Waals surface area contributed by atoms with Gasteiger partial charge < -0.3 is 10.2 Å². The summed E-state index contributed by atoms with van der Waals surface area (Å²) in [6.45, 7) is 5.12. The molecule has 0 aromatic heterocycles. The second-order valence-electron chi connectivity index (χ2n) is 10.0. The lowest BCUT2D eigenvalue weighted by atomic mass is 9.59. The fraction of sp³-hybridized carbons (Fsp3) is 0.345. The third kappa shape index (κ3) is 3.79. The van der Waals surface area contributed by atoms with Gasteiger partial charge >= 0.3 is 5.97 Å². The molecule has 0 bridgehead atoms. The fourth-order valence-electron chi connectivity index (χ4n) is 6.37. The van der Waals surface area contributed by atoms with Gasteiger partial charge in [0.1, 0.15) is 5.75 Å². The summed E-state index contributed by atoms with van der Waals surface area (Å²) in [5, 5.41) is 20.3. The molecule has 1 saturated heterocycles. The van der Waals surface area contributed by atoms with E-state index in [1.54, 1.807) is 31.2 Å². The average Bonchev–Trinajstić information content (AvgIpc) is 3.11. The lowest BCUT2D eigenvalue weighted by Crippen LogP contribution is -2.40. The lowest BCUT2D eigenvalue weighted by Gasteiger charge is -2.42. The molecule has 3 aliphatic carbocycles. The van der Waals surface area contributed by atoms with Crippen LogP contribution in [0.25, 0.3) is 0 Å². The first-order valence-corrected chi connectivity index (χ1v) is 12.3. The van der Waals surface area contributed by atoms with Crippen LogP contribution in [0, 0.1) is 17.8 Å². The number of Topliss-reactive ketones (excluding diaryl/α,β-unsaturated/α-hetero) is 1. The number of carboxylic acids is 1. The van der Waals surface area contributed by atoms with Crippen molar-refractivity contribution in [3.63, 3.8) is 0 Å². The van der Waals surface area contributed by atoms with Gasteiger partial charge in [0.2, 0.25) is 11.8 Å². The molecule has 2 amide bonds. The van der Waals surface area contributed by atoms with Crippen molar-refractivity contribution < 1.29 is 34.2 Å². The predicted octanol–water partition coefficient (Wildman–Crippen LogP) is 3.02. The van der Waals surface area contributed by atoms with Crippen molar-refractivity contribution in [2.45, 2.75) is 38.5 Å². The molecule has 0 spiro atoms. The Kier molecular flexibility index (Phi) is 6.06. The largest absolute Gasteiger partial charge is 0.507 e. The number of nitrogens with zero attached hydrogens (tertiary/aromatic N) is 1. The number of carbonyl (C=O) groups excluding carboxylic acids is 4. The van der Waals surface area contributed by atoms with Crippen LogP contribution < -0.4 is 0 Å². The number of imide groups is 1. The van der Waals surface area contributed by atoms with E-state index in [2.05, 4.69) is 6.58 Å². The molecule has 4 atom stereocenters. The zero-order chi connectivity index (χ0) is 26.6. The van der Waals surface area contributed by atoms with Gasteiger partial charge in [-0.05, 0) is 43.7 Å². The van der Waals surface area contributed by atoms with E-state index >= 15 is 0 Å². The topological polar surface area (TPSA) is 129 Å². The summed E-state index contributed by atoms with van der Waals surface area (Å²) in [6, 6.07) is 5.26. The van der Waals surface area contributed by atoms with Crippen molar-refractivity contribution in [1.29, 1.82) is 0 Å². The number of allylic oxidation sites excluding steroid dienone is 7. The molecule has 4 aliphatic rings. The molecule has 1 heterocycles. The number of rotatable bonds is 6. The van der Waals surface area contributed by atoms with E-state index in [-0.39, 0.29) is 43.1 Å². The Morgan fingerprint density at radius 3 is 2.62 bits per heavy atom. The molecule has 0 saturated carbocycles. The van der Waals surface area contributed by atoms with Crippen LogP contribution in [0.5, 0.6) is 5.75 Å². The van der Waals surface area contributed by atoms with Gasteiger partial charge in [-0.2, -0.15) is 0 Å². The number of amides is 2. The van der Waals surface area contributed by atoms with Crippen LogP contribution in [0.3, 0.4) is 0 Å². The van der Waals surface area contributed by atoms with Gasteiger partial charge in [-0.15, -0.1) is 6.58 Å². The molecule has 1 fully saturated rings. The first-order valence-electron chi connectivity index (χ1n) is 12.3. The Morgan fingerprint density at radius 1 is 1.16 bits per heavy atom. The Hall–Kier alpha value is -4.07. The van der Waals surface area contributed by atoms with Crippen molar-refractivity contribution >= 4 is 29.4 Å². The van der Waals surface area contributed by atoms with Gasteiger partial charge in [-0.1, -0.05) is 35.9 Å². The van der Waals surface area contributed by atoms with E-state index < -0.39 is 41.5 Å². The molecule has 1 aliphatic heterocycles. The molecule has 0 unspecified atom stereocenters. The third-order valence-corrected chi connectivity index (χ3v) is 8.03. The molecule has 8 heteroatoms. The summed E-state index contributed by atoms with van der Waals surface area (Å²) < 4.78 is 0.